The summed E-state index contributed by atoms with van der Waals surface area (Å²) in [5.41, 5.74) is 2.05. The van der Waals surface area contributed by atoms with Crippen LogP contribution in [0, 0.1) is 17.0 Å². The van der Waals surface area contributed by atoms with Crippen LogP contribution in [0.2, 0.25) is 5.02 Å². The van der Waals surface area contributed by atoms with E-state index in [1.165, 1.54) is 18.2 Å². The molecule has 1 N–H and O–H groups in total. The SMILES string of the molecule is COc1cc(C)ccc1CCCC(=O)Nc1cc(Cl)ccc1[N+](=O)[O-]. The molecule has 0 saturated carbocycles. The summed E-state index contributed by atoms with van der Waals surface area (Å²) in [6.07, 6.45) is 1.51. The Hall–Kier alpha value is -2.60. The van der Waals surface area contributed by atoms with Gasteiger partial charge >= 0.3 is 0 Å². The van der Waals surface area contributed by atoms with Crippen molar-refractivity contribution in [2.45, 2.75) is 26.2 Å². The summed E-state index contributed by atoms with van der Waals surface area (Å²) in [5.74, 6) is 0.502. The smallest absolute Gasteiger partial charge is 0.292 e. The van der Waals surface area contributed by atoms with E-state index in [1.807, 2.05) is 25.1 Å². The molecule has 0 bridgehead atoms. The average Bonchev–Trinajstić information content (AvgIpc) is 2.55. The number of rotatable bonds is 7. The molecule has 0 aliphatic heterocycles. The third-order valence-electron chi connectivity index (χ3n) is 3.72. The van der Waals surface area contributed by atoms with Crippen LogP contribution in [0.4, 0.5) is 11.4 Å². The molecule has 7 heteroatoms. The minimum Gasteiger partial charge on any atom is -0.496 e. The van der Waals surface area contributed by atoms with Gasteiger partial charge in [-0.3, -0.25) is 14.9 Å². The molecule has 0 heterocycles. The Bertz CT molecular complexity index is 793. The van der Waals surface area contributed by atoms with Crippen LogP contribution in [0.3, 0.4) is 0 Å². The summed E-state index contributed by atoms with van der Waals surface area (Å²) in [6, 6.07) is 9.99. The molecule has 0 aliphatic carbocycles. The largest absolute Gasteiger partial charge is 0.496 e. The summed E-state index contributed by atoms with van der Waals surface area (Å²) in [7, 11) is 1.61. The second-order valence-electron chi connectivity index (χ2n) is 5.64. The quantitative estimate of drug-likeness (QED) is 0.579. The number of hydrogen-bond acceptors (Lipinski definition) is 4. The fraction of sp³-hybridized carbons (Fsp3) is 0.278. The molecule has 132 valence electrons. The summed E-state index contributed by atoms with van der Waals surface area (Å²) in [6.45, 7) is 1.98. The van der Waals surface area contributed by atoms with Crippen LogP contribution < -0.4 is 10.1 Å². The second-order valence-corrected chi connectivity index (χ2v) is 6.07. The number of hydrogen-bond donors (Lipinski definition) is 1. The number of carbonyl (C=O) groups excluding carboxylic acids is 1. The molecule has 2 aromatic carbocycles. The molecule has 0 spiro atoms. The van der Waals surface area contributed by atoms with Crippen molar-refractivity contribution in [3.8, 4) is 5.75 Å². The first-order chi connectivity index (χ1) is 11.9. The average molecular weight is 363 g/mol. The topological polar surface area (TPSA) is 81.5 Å². The van der Waals surface area contributed by atoms with Crippen molar-refractivity contribution in [3.05, 3.63) is 62.7 Å². The highest BCUT2D eigenvalue weighted by molar-refractivity contribution is 6.31. The van der Waals surface area contributed by atoms with Gasteiger partial charge in [0.05, 0.1) is 12.0 Å². The van der Waals surface area contributed by atoms with Crippen molar-refractivity contribution in [2.75, 3.05) is 12.4 Å². The molecular weight excluding hydrogens is 344 g/mol. The summed E-state index contributed by atoms with van der Waals surface area (Å²) in [4.78, 5) is 22.5. The molecule has 0 aromatic heterocycles. The Morgan fingerprint density at radius 1 is 1.28 bits per heavy atom. The Balaban J connectivity index is 1.96. The maximum Gasteiger partial charge on any atom is 0.292 e. The first-order valence-corrected chi connectivity index (χ1v) is 8.16. The molecule has 0 atom stereocenters. The van der Waals surface area contributed by atoms with E-state index in [2.05, 4.69) is 5.32 Å². The van der Waals surface area contributed by atoms with Gasteiger partial charge in [0.2, 0.25) is 5.91 Å². The van der Waals surface area contributed by atoms with E-state index in [0.717, 1.165) is 16.9 Å². The van der Waals surface area contributed by atoms with Crippen LogP contribution in [-0.4, -0.2) is 17.9 Å². The van der Waals surface area contributed by atoms with Gasteiger partial charge in [-0.15, -0.1) is 0 Å². The lowest BCUT2D eigenvalue weighted by molar-refractivity contribution is -0.383. The van der Waals surface area contributed by atoms with Crippen LogP contribution in [0.5, 0.6) is 5.75 Å². The van der Waals surface area contributed by atoms with Gasteiger partial charge in [-0.2, -0.15) is 0 Å². The van der Waals surface area contributed by atoms with E-state index in [-0.39, 0.29) is 23.7 Å². The number of nitro benzene ring substituents is 1. The van der Waals surface area contributed by atoms with Crippen LogP contribution in [-0.2, 0) is 11.2 Å². The first-order valence-electron chi connectivity index (χ1n) is 7.78. The van der Waals surface area contributed by atoms with E-state index in [1.54, 1.807) is 7.11 Å². The van der Waals surface area contributed by atoms with E-state index in [0.29, 0.717) is 17.9 Å². The normalized spacial score (nSPS) is 10.4. The van der Waals surface area contributed by atoms with Gasteiger partial charge < -0.3 is 10.1 Å². The fourth-order valence-electron chi connectivity index (χ4n) is 2.48. The predicted molar refractivity (Wildman–Crippen MR) is 97.4 cm³/mol. The van der Waals surface area contributed by atoms with E-state index in [4.69, 9.17) is 16.3 Å². The number of nitro groups is 1. The lowest BCUT2D eigenvalue weighted by Gasteiger charge is -2.10. The molecular formula is C18H19ClN2O4. The maximum absolute atomic E-state index is 12.1. The van der Waals surface area contributed by atoms with Gasteiger partial charge in [-0.25, -0.2) is 0 Å². The zero-order valence-corrected chi connectivity index (χ0v) is 14.8. The van der Waals surface area contributed by atoms with Gasteiger partial charge in [0, 0.05) is 17.5 Å². The van der Waals surface area contributed by atoms with Crippen molar-refractivity contribution in [1.82, 2.24) is 0 Å². The molecule has 1 amide bonds. The van der Waals surface area contributed by atoms with Crippen LogP contribution in [0.1, 0.15) is 24.0 Å². The summed E-state index contributed by atoms with van der Waals surface area (Å²) < 4.78 is 5.34. The zero-order valence-electron chi connectivity index (χ0n) is 14.0. The zero-order chi connectivity index (χ0) is 18.4. The maximum atomic E-state index is 12.1. The number of benzene rings is 2. The predicted octanol–water partition coefficient (Wildman–Crippen LogP) is 4.53. The van der Waals surface area contributed by atoms with Crippen molar-refractivity contribution in [1.29, 1.82) is 0 Å². The van der Waals surface area contributed by atoms with Crippen molar-refractivity contribution < 1.29 is 14.5 Å². The highest BCUT2D eigenvalue weighted by atomic mass is 35.5. The number of amides is 1. The molecule has 0 unspecified atom stereocenters. The minimum atomic E-state index is -0.552. The van der Waals surface area contributed by atoms with Gasteiger partial charge in [-0.05, 0) is 49.1 Å². The number of ether oxygens (including phenoxy) is 1. The third-order valence-corrected chi connectivity index (χ3v) is 3.96. The van der Waals surface area contributed by atoms with Crippen molar-refractivity contribution in [3.63, 3.8) is 0 Å². The van der Waals surface area contributed by atoms with Crippen LogP contribution >= 0.6 is 11.6 Å². The molecule has 0 radical (unpaired) electrons. The number of halogens is 1. The van der Waals surface area contributed by atoms with Gasteiger partial charge in [0.25, 0.3) is 5.69 Å². The lowest BCUT2D eigenvalue weighted by Crippen LogP contribution is -2.13. The molecule has 0 fully saturated rings. The Labute approximate surface area is 150 Å². The first kappa shape index (κ1) is 18.7. The molecule has 2 aromatic rings. The monoisotopic (exact) mass is 362 g/mol. The highest BCUT2D eigenvalue weighted by Crippen LogP contribution is 2.28. The van der Waals surface area contributed by atoms with E-state index in [9.17, 15) is 14.9 Å². The van der Waals surface area contributed by atoms with Gasteiger partial charge in [-0.1, -0.05) is 23.7 Å². The molecule has 0 aliphatic rings. The number of aryl methyl sites for hydroxylation is 2. The van der Waals surface area contributed by atoms with Gasteiger partial charge in [0.15, 0.2) is 0 Å². The van der Waals surface area contributed by atoms with Crippen molar-refractivity contribution >= 4 is 28.9 Å². The number of methoxy groups -OCH3 is 1. The second kappa shape index (κ2) is 8.48. The fourth-order valence-corrected chi connectivity index (χ4v) is 2.65. The number of nitrogens with zero attached hydrogens (tertiary/aromatic N) is 1. The van der Waals surface area contributed by atoms with Crippen molar-refractivity contribution in [2.24, 2.45) is 0 Å². The van der Waals surface area contributed by atoms with Crippen LogP contribution in [0.25, 0.3) is 0 Å². The number of anilines is 1. The van der Waals surface area contributed by atoms with Crippen LogP contribution in [0.15, 0.2) is 36.4 Å². The number of nitrogens with one attached hydrogen (secondary N) is 1. The number of carbonyl (C=O) groups is 1. The molecule has 6 nitrogen and oxygen atoms in total. The molecule has 0 saturated heterocycles. The van der Waals surface area contributed by atoms with E-state index >= 15 is 0 Å². The Kier molecular flexibility index (Phi) is 6.36. The highest BCUT2D eigenvalue weighted by Gasteiger charge is 2.16. The van der Waals surface area contributed by atoms with Gasteiger partial charge in [0.1, 0.15) is 11.4 Å². The molecule has 25 heavy (non-hydrogen) atoms. The summed E-state index contributed by atoms with van der Waals surface area (Å²) in [5, 5.41) is 13.9. The lowest BCUT2D eigenvalue weighted by atomic mass is 10.0. The Morgan fingerprint density at radius 3 is 2.72 bits per heavy atom. The summed E-state index contributed by atoms with van der Waals surface area (Å²) >= 11 is 5.85. The molecule has 2 rings (SSSR count). The van der Waals surface area contributed by atoms with E-state index < -0.39 is 4.92 Å². The third kappa shape index (κ3) is 5.19. The Morgan fingerprint density at radius 2 is 2.04 bits per heavy atom. The minimum absolute atomic E-state index is 0.107. The standard InChI is InChI=1S/C18H19ClN2O4/c1-12-6-7-13(17(10-12)25-2)4-3-5-18(22)20-15-11-14(19)8-9-16(15)21(23)24/h6-11H,3-5H2,1-2H3,(H,20,22).